The summed E-state index contributed by atoms with van der Waals surface area (Å²) in [7, 11) is 3.40. The molecule has 0 saturated carbocycles. The molecule has 38 heavy (non-hydrogen) atoms. The Morgan fingerprint density at radius 2 is 1.84 bits per heavy atom. The monoisotopic (exact) mass is 538 g/mol. The average molecular weight is 539 g/mol. The lowest BCUT2D eigenvalue weighted by atomic mass is 10.1. The first-order chi connectivity index (χ1) is 18.4. The molecular formula is C30H34ClFN3O3+. The zero-order chi connectivity index (χ0) is 26.8. The SMILES string of the molecule is CC[C@@H](C)C[n+]1c(OC)cc(CN2CCOc3c(Cl)cc(-n4ccc5cc(F)ccc54)cc3C2)cc1OC. The quantitative estimate of drug-likeness (QED) is 0.252. The van der Waals surface area contributed by atoms with Gasteiger partial charge in [0.05, 0.1) is 36.9 Å². The van der Waals surface area contributed by atoms with Crippen LogP contribution in [-0.4, -0.2) is 36.8 Å². The van der Waals surface area contributed by atoms with Crippen LogP contribution in [0.3, 0.4) is 0 Å². The van der Waals surface area contributed by atoms with Crippen molar-refractivity contribution in [3.63, 3.8) is 0 Å². The summed E-state index contributed by atoms with van der Waals surface area (Å²) in [5.41, 5.74) is 3.94. The summed E-state index contributed by atoms with van der Waals surface area (Å²) in [5.74, 6) is 2.54. The van der Waals surface area contributed by atoms with E-state index in [1.54, 1.807) is 20.3 Å². The first kappa shape index (κ1) is 26.3. The molecule has 5 rings (SSSR count). The normalized spacial score (nSPS) is 14.6. The Balaban J connectivity index is 1.44. The van der Waals surface area contributed by atoms with Crippen LogP contribution in [0.25, 0.3) is 16.6 Å². The predicted octanol–water partition coefficient (Wildman–Crippen LogP) is 6.17. The summed E-state index contributed by atoms with van der Waals surface area (Å²) in [4.78, 5) is 2.34. The highest BCUT2D eigenvalue weighted by Crippen LogP contribution is 2.36. The molecule has 1 aliphatic rings. The number of hydrogen-bond donors (Lipinski definition) is 0. The van der Waals surface area contributed by atoms with Crippen LogP contribution in [0.1, 0.15) is 31.4 Å². The third-order valence-corrected chi connectivity index (χ3v) is 7.53. The van der Waals surface area contributed by atoms with E-state index in [2.05, 4.69) is 41.5 Å². The lowest BCUT2D eigenvalue weighted by molar-refractivity contribution is -0.711. The van der Waals surface area contributed by atoms with Gasteiger partial charge in [0.25, 0.3) is 0 Å². The van der Waals surface area contributed by atoms with Crippen LogP contribution in [0.5, 0.6) is 17.5 Å². The number of pyridine rings is 1. The van der Waals surface area contributed by atoms with Gasteiger partial charge in [0.1, 0.15) is 18.2 Å². The van der Waals surface area contributed by atoms with Gasteiger partial charge in [-0.2, -0.15) is 0 Å². The summed E-state index contributed by atoms with van der Waals surface area (Å²) in [6.07, 6.45) is 3.02. The number of halogens is 2. The summed E-state index contributed by atoms with van der Waals surface area (Å²) in [6.45, 7) is 7.90. The maximum atomic E-state index is 13.7. The number of hydrogen-bond acceptors (Lipinski definition) is 4. The molecule has 2 aromatic carbocycles. The van der Waals surface area contributed by atoms with Crippen molar-refractivity contribution in [2.75, 3.05) is 27.4 Å². The summed E-state index contributed by atoms with van der Waals surface area (Å²) in [5, 5.41) is 1.41. The minimum atomic E-state index is -0.251. The van der Waals surface area contributed by atoms with Crippen LogP contribution < -0.4 is 18.8 Å². The molecule has 3 heterocycles. The second-order valence-corrected chi connectivity index (χ2v) is 10.3. The van der Waals surface area contributed by atoms with Crippen molar-refractivity contribution >= 4 is 22.5 Å². The number of ether oxygens (including phenoxy) is 3. The van der Waals surface area contributed by atoms with Crippen molar-refractivity contribution in [3.05, 3.63) is 76.7 Å². The fourth-order valence-electron chi connectivity index (χ4n) is 5.05. The molecule has 8 heteroatoms. The van der Waals surface area contributed by atoms with Crippen LogP contribution in [0.2, 0.25) is 5.02 Å². The van der Waals surface area contributed by atoms with Gasteiger partial charge in [-0.15, -0.1) is 4.57 Å². The van der Waals surface area contributed by atoms with E-state index in [1.807, 2.05) is 22.9 Å². The largest absolute Gasteiger partial charge is 0.490 e. The Labute approximate surface area is 228 Å². The highest BCUT2D eigenvalue weighted by atomic mass is 35.5. The van der Waals surface area contributed by atoms with Gasteiger partial charge < -0.3 is 18.8 Å². The van der Waals surface area contributed by atoms with E-state index in [1.165, 1.54) is 12.1 Å². The Kier molecular flexibility index (Phi) is 7.77. The Bertz CT molecular complexity index is 1430. The Morgan fingerprint density at radius 3 is 2.55 bits per heavy atom. The van der Waals surface area contributed by atoms with Crippen molar-refractivity contribution in [1.82, 2.24) is 9.47 Å². The van der Waals surface area contributed by atoms with Crippen LogP contribution >= 0.6 is 11.6 Å². The Hall–Kier alpha value is -3.29. The van der Waals surface area contributed by atoms with Gasteiger partial charge in [-0.1, -0.05) is 25.4 Å². The maximum Gasteiger partial charge on any atom is 0.370 e. The molecule has 6 nitrogen and oxygen atoms in total. The highest BCUT2D eigenvalue weighted by molar-refractivity contribution is 6.32. The molecule has 0 saturated heterocycles. The number of nitrogens with zero attached hydrogens (tertiary/aromatic N) is 3. The minimum absolute atomic E-state index is 0.251. The number of fused-ring (bicyclic) bond motifs is 2. The van der Waals surface area contributed by atoms with Gasteiger partial charge >= 0.3 is 11.8 Å². The zero-order valence-electron chi connectivity index (χ0n) is 22.3. The van der Waals surface area contributed by atoms with Crippen molar-refractivity contribution in [1.29, 1.82) is 0 Å². The van der Waals surface area contributed by atoms with Crippen molar-refractivity contribution < 1.29 is 23.2 Å². The fourth-order valence-corrected chi connectivity index (χ4v) is 5.34. The summed E-state index contributed by atoms with van der Waals surface area (Å²) < 4.78 is 35.5. The first-order valence-electron chi connectivity index (χ1n) is 13.0. The third-order valence-electron chi connectivity index (χ3n) is 7.25. The van der Waals surface area contributed by atoms with Crippen LogP contribution in [-0.2, 0) is 19.6 Å². The number of aromatic nitrogens is 2. The van der Waals surface area contributed by atoms with Gasteiger partial charge in [-0.25, -0.2) is 4.39 Å². The number of rotatable bonds is 8. The van der Waals surface area contributed by atoms with E-state index in [0.717, 1.165) is 64.7 Å². The fraction of sp³-hybridized carbons (Fsp3) is 0.367. The van der Waals surface area contributed by atoms with Crippen molar-refractivity contribution in [2.24, 2.45) is 5.92 Å². The lowest BCUT2D eigenvalue weighted by Crippen LogP contribution is -2.40. The van der Waals surface area contributed by atoms with Gasteiger partial charge in [-0.05, 0) is 48.4 Å². The molecule has 200 valence electrons. The van der Waals surface area contributed by atoms with Crippen molar-refractivity contribution in [3.8, 4) is 23.2 Å². The molecule has 0 bridgehead atoms. The molecule has 0 aliphatic carbocycles. The zero-order valence-corrected chi connectivity index (χ0v) is 23.1. The molecule has 0 spiro atoms. The molecule has 2 aromatic heterocycles. The molecule has 1 atom stereocenters. The third kappa shape index (κ3) is 5.31. The minimum Gasteiger partial charge on any atom is -0.490 e. The topological polar surface area (TPSA) is 39.7 Å². The second-order valence-electron chi connectivity index (χ2n) is 9.94. The number of methoxy groups -OCH3 is 2. The molecule has 0 N–H and O–H groups in total. The molecule has 0 amide bonds. The van der Waals surface area contributed by atoms with Gasteiger partial charge in [0, 0.05) is 48.4 Å². The first-order valence-corrected chi connectivity index (χ1v) is 13.4. The van der Waals surface area contributed by atoms with E-state index in [9.17, 15) is 4.39 Å². The maximum absolute atomic E-state index is 13.7. The second kappa shape index (κ2) is 11.2. The van der Waals surface area contributed by atoms with Crippen LogP contribution in [0, 0.1) is 11.7 Å². The molecular weight excluding hydrogens is 505 g/mol. The summed E-state index contributed by atoms with van der Waals surface area (Å²) in [6, 6.07) is 14.9. The van der Waals surface area contributed by atoms with E-state index in [-0.39, 0.29) is 5.82 Å². The van der Waals surface area contributed by atoms with Gasteiger partial charge in [-0.3, -0.25) is 4.90 Å². The molecule has 0 radical (unpaired) electrons. The van der Waals surface area contributed by atoms with E-state index >= 15 is 0 Å². The highest BCUT2D eigenvalue weighted by Gasteiger charge is 2.25. The smallest absolute Gasteiger partial charge is 0.370 e. The van der Waals surface area contributed by atoms with E-state index in [0.29, 0.717) is 30.6 Å². The summed E-state index contributed by atoms with van der Waals surface area (Å²) >= 11 is 6.72. The molecule has 1 aliphatic heterocycles. The molecule has 4 aromatic rings. The Morgan fingerprint density at radius 1 is 1.08 bits per heavy atom. The van der Waals surface area contributed by atoms with Crippen LogP contribution in [0.15, 0.2) is 54.7 Å². The van der Waals surface area contributed by atoms with Crippen molar-refractivity contribution in [2.45, 2.75) is 39.9 Å². The van der Waals surface area contributed by atoms with Gasteiger partial charge in [0.15, 0.2) is 6.54 Å². The average Bonchev–Trinajstić information content (AvgIpc) is 3.21. The van der Waals surface area contributed by atoms with E-state index in [4.69, 9.17) is 25.8 Å². The van der Waals surface area contributed by atoms with E-state index < -0.39 is 0 Å². The predicted molar refractivity (Wildman–Crippen MR) is 147 cm³/mol. The molecule has 0 unspecified atom stereocenters. The lowest BCUT2D eigenvalue weighted by Gasteiger charge is -2.20. The standard InChI is InChI=1S/C30H34ClFN3O3/c1-5-20(2)17-35-28(36-3)12-21(13-29(35)37-4)18-33-10-11-38-30-23(19-33)15-25(16-26(30)31)34-9-8-22-14-24(32)6-7-27(22)34/h6-9,12-16,20H,5,10-11,17-19H2,1-4H3/q+1/t20-/m1/s1. The number of benzene rings is 2. The van der Waals surface area contributed by atoms with Gasteiger partial charge in [0.2, 0.25) is 0 Å². The van der Waals surface area contributed by atoms with Crippen LogP contribution in [0.4, 0.5) is 4.39 Å². The molecule has 0 fully saturated rings.